The van der Waals surface area contributed by atoms with Crippen molar-refractivity contribution in [3.8, 4) is 11.1 Å². The van der Waals surface area contributed by atoms with Gasteiger partial charge in [-0.3, -0.25) is 4.99 Å². The van der Waals surface area contributed by atoms with Gasteiger partial charge in [0.15, 0.2) is 11.6 Å². The van der Waals surface area contributed by atoms with Crippen molar-refractivity contribution in [3.63, 3.8) is 0 Å². The number of aliphatic imine (C=N–C) groups is 1. The monoisotopic (exact) mass is 296 g/mol. The summed E-state index contributed by atoms with van der Waals surface area (Å²) in [6.07, 6.45) is 0. The van der Waals surface area contributed by atoms with Crippen molar-refractivity contribution in [2.45, 2.75) is 0 Å². The molecule has 0 atom stereocenters. The molecule has 4 heteroatoms. The van der Waals surface area contributed by atoms with E-state index in [2.05, 4.69) is 22.4 Å². The summed E-state index contributed by atoms with van der Waals surface area (Å²) in [6.45, 7) is 1.67. The van der Waals surface area contributed by atoms with Crippen LogP contribution in [0.1, 0.15) is 5.76 Å². The molecule has 4 rings (SSSR count). The maximum absolute atomic E-state index is 6.04. The van der Waals surface area contributed by atoms with E-state index in [-0.39, 0.29) is 0 Å². The van der Waals surface area contributed by atoms with Crippen LogP contribution in [0.15, 0.2) is 57.9 Å². The largest absolute Gasteiger partial charge is 0.452 e. The van der Waals surface area contributed by atoms with Gasteiger partial charge in [-0.15, -0.1) is 0 Å². The van der Waals surface area contributed by atoms with Crippen LogP contribution in [0.5, 0.6) is 0 Å². The Morgan fingerprint density at radius 1 is 1.10 bits per heavy atom. The summed E-state index contributed by atoms with van der Waals surface area (Å²) in [4.78, 5) is 4.41. The fourth-order valence-corrected chi connectivity index (χ4v) is 2.73. The van der Waals surface area contributed by atoms with Gasteiger partial charge in [0.1, 0.15) is 5.58 Å². The van der Waals surface area contributed by atoms with E-state index in [0.29, 0.717) is 0 Å². The molecule has 0 radical (unpaired) electrons. The van der Waals surface area contributed by atoms with Gasteiger partial charge in [-0.1, -0.05) is 41.9 Å². The number of hydrogen-bond donors (Lipinski definition) is 1. The van der Waals surface area contributed by atoms with Crippen molar-refractivity contribution in [1.82, 2.24) is 5.32 Å². The standard InChI is InChI=1S/C17H13ClN2O/c18-13-6-4-11(5-7-13)14-3-1-2-12-10-15(21-16(12)14)17-19-8-9-20-17/h1-7,10H,8-9H2,(H,19,20). The molecule has 0 bridgehead atoms. The predicted molar refractivity (Wildman–Crippen MR) is 86.1 cm³/mol. The Morgan fingerprint density at radius 3 is 2.71 bits per heavy atom. The topological polar surface area (TPSA) is 37.5 Å². The summed E-state index contributed by atoms with van der Waals surface area (Å²) >= 11 is 5.96. The summed E-state index contributed by atoms with van der Waals surface area (Å²) in [5.74, 6) is 1.64. The SMILES string of the molecule is Clc1ccc(-c2cccc3cc(C4=NCCN4)oc23)cc1. The van der Waals surface area contributed by atoms with Crippen LogP contribution in [0, 0.1) is 0 Å². The molecule has 3 nitrogen and oxygen atoms in total. The Kier molecular flexibility index (Phi) is 2.93. The quantitative estimate of drug-likeness (QED) is 0.773. The van der Waals surface area contributed by atoms with Crippen molar-refractivity contribution in [3.05, 3.63) is 59.3 Å². The van der Waals surface area contributed by atoms with E-state index in [9.17, 15) is 0 Å². The molecule has 0 amide bonds. The molecule has 0 saturated heterocycles. The first-order valence-electron chi connectivity index (χ1n) is 6.88. The minimum atomic E-state index is 0.732. The Hall–Kier alpha value is -2.26. The van der Waals surface area contributed by atoms with Gasteiger partial charge in [-0.25, -0.2) is 0 Å². The van der Waals surface area contributed by atoms with E-state index in [0.717, 1.165) is 51.8 Å². The lowest BCUT2D eigenvalue weighted by Gasteiger charge is -2.03. The van der Waals surface area contributed by atoms with E-state index >= 15 is 0 Å². The van der Waals surface area contributed by atoms with Crippen LogP contribution in [0.4, 0.5) is 0 Å². The van der Waals surface area contributed by atoms with Gasteiger partial charge >= 0.3 is 0 Å². The van der Waals surface area contributed by atoms with E-state index in [4.69, 9.17) is 16.0 Å². The molecule has 0 saturated carbocycles. The first kappa shape index (κ1) is 12.5. The number of fused-ring (bicyclic) bond motifs is 1. The smallest absolute Gasteiger partial charge is 0.170 e. The number of benzene rings is 2. The number of nitrogens with zero attached hydrogens (tertiary/aromatic N) is 1. The lowest BCUT2D eigenvalue weighted by atomic mass is 10.0. The molecule has 0 fully saturated rings. The van der Waals surface area contributed by atoms with Crippen LogP contribution in [0.25, 0.3) is 22.1 Å². The van der Waals surface area contributed by atoms with Crippen molar-refractivity contribution in [2.75, 3.05) is 13.1 Å². The molecule has 21 heavy (non-hydrogen) atoms. The third-order valence-corrected chi connectivity index (χ3v) is 3.86. The summed E-state index contributed by atoms with van der Waals surface area (Å²) in [5, 5.41) is 5.05. The molecule has 1 aliphatic rings. The second kappa shape index (κ2) is 4.93. The van der Waals surface area contributed by atoms with Gasteiger partial charge in [-0.05, 0) is 23.8 Å². The molecule has 0 spiro atoms. The van der Waals surface area contributed by atoms with Crippen LogP contribution in [0.2, 0.25) is 5.02 Å². The molecule has 2 heterocycles. The Bertz CT molecular complexity index is 834. The number of rotatable bonds is 2. The summed E-state index contributed by atoms with van der Waals surface area (Å²) in [6, 6.07) is 16.0. The van der Waals surface area contributed by atoms with Gasteiger partial charge in [0.05, 0.1) is 6.54 Å². The normalized spacial score (nSPS) is 14.2. The molecule has 0 unspecified atom stereocenters. The van der Waals surface area contributed by atoms with Crippen molar-refractivity contribution in [2.24, 2.45) is 4.99 Å². The predicted octanol–water partition coefficient (Wildman–Crippen LogP) is 4.10. The van der Waals surface area contributed by atoms with E-state index in [1.807, 2.05) is 36.4 Å². The van der Waals surface area contributed by atoms with Crippen molar-refractivity contribution >= 4 is 28.4 Å². The Balaban J connectivity index is 1.87. The minimum absolute atomic E-state index is 0.732. The number of halogens is 1. The number of para-hydroxylation sites is 1. The average molecular weight is 297 g/mol. The highest BCUT2D eigenvalue weighted by molar-refractivity contribution is 6.30. The van der Waals surface area contributed by atoms with Crippen LogP contribution >= 0.6 is 11.6 Å². The van der Waals surface area contributed by atoms with Gasteiger partial charge < -0.3 is 9.73 Å². The second-order valence-electron chi connectivity index (χ2n) is 5.00. The van der Waals surface area contributed by atoms with Crippen molar-refractivity contribution in [1.29, 1.82) is 0 Å². The highest BCUT2D eigenvalue weighted by Crippen LogP contribution is 2.31. The van der Waals surface area contributed by atoms with Crippen LogP contribution in [0.3, 0.4) is 0 Å². The summed E-state index contributed by atoms with van der Waals surface area (Å²) in [7, 11) is 0. The summed E-state index contributed by atoms with van der Waals surface area (Å²) in [5.41, 5.74) is 3.03. The highest BCUT2D eigenvalue weighted by Gasteiger charge is 2.15. The second-order valence-corrected chi connectivity index (χ2v) is 5.44. The molecule has 2 aromatic carbocycles. The average Bonchev–Trinajstić information content (AvgIpc) is 3.16. The van der Waals surface area contributed by atoms with E-state index < -0.39 is 0 Å². The third-order valence-electron chi connectivity index (χ3n) is 3.61. The first-order chi connectivity index (χ1) is 10.3. The van der Waals surface area contributed by atoms with Gasteiger partial charge in [0.25, 0.3) is 0 Å². The zero-order valence-corrected chi connectivity index (χ0v) is 12.0. The molecule has 0 aliphatic carbocycles. The number of nitrogens with one attached hydrogen (secondary N) is 1. The molecular formula is C17H13ClN2O. The molecule has 1 aromatic heterocycles. The van der Waals surface area contributed by atoms with E-state index in [1.54, 1.807) is 0 Å². The Morgan fingerprint density at radius 2 is 1.95 bits per heavy atom. The zero-order valence-electron chi connectivity index (χ0n) is 11.3. The molecule has 1 aliphatic heterocycles. The summed E-state index contributed by atoms with van der Waals surface area (Å²) < 4.78 is 6.04. The van der Waals surface area contributed by atoms with Gasteiger partial charge in [-0.2, -0.15) is 0 Å². The number of amidine groups is 1. The Labute approximate surface area is 127 Å². The highest BCUT2D eigenvalue weighted by atomic mass is 35.5. The molecular weight excluding hydrogens is 284 g/mol. The van der Waals surface area contributed by atoms with Crippen molar-refractivity contribution < 1.29 is 4.42 Å². The van der Waals surface area contributed by atoms with Gasteiger partial charge in [0.2, 0.25) is 0 Å². The maximum Gasteiger partial charge on any atom is 0.170 e. The van der Waals surface area contributed by atoms with E-state index in [1.165, 1.54) is 0 Å². The number of hydrogen-bond acceptors (Lipinski definition) is 3. The van der Waals surface area contributed by atoms with Gasteiger partial charge in [0, 0.05) is 22.5 Å². The van der Waals surface area contributed by atoms with Crippen LogP contribution < -0.4 is 5.32 Å². The fourth-order valence-electron chi connectivity index (χ4n) is 2.60. The first-order valence-corrected chi connectivity index (χ1v) is 7.26. The fraction of sp³-hybridized carbons (Fsp3) is 0.118. The number of furan rings is 1. The maximum atomic E-state index is 6.04. The molecule has 1 N–H and O–H groups in total. The van der Waals surface area contributed by atoms with Crippen LogP contribution in [-0.2, 0) is 0 Å². The third kappa shape index (κ3) is 2.20. The lowest BCUT2D eigenvalue weighted by Crippen LogP contribution is -2.18. The molecule has 3 aromatic rings. The molecule has 104 valence electrons. The lowest BCUT2D eigenvalue weighted by molar-refractivity contribution is 0.603. The minimum Gasteiger partial charge on any atom is -0.452 e. The zero-order chi connectivity index (χ0) is 14.2. The van der Waals surface area contributed by atoms with Crippen LogP contribution in [-0.4, -0.2) is 18.9 Å².